The summed E-state index contributed by atoms with van der Waals surface area (Å²) in [6, 6.07) is 0.804. The minimum absolute atomic E-state index is 0. The van der Waals surface area contributed by atoms with Gasteiger partial charge in [-0.2, -0.15) is 13.1 Å². The molecule has 0 aromatic heterocycles. The molecule has 0 N–H and O–H groups in total. The number of hydrogen-bond acceptors (Lipinski definition) is 3. The molecule has 4 radical (unpaired) electrons. The van der Waals surface area contributed by atoms with Gasteiger partial charge in [-0.25, -0.2) is 0 Å². The quantitative estimate of drug-likeness (QED) is 0.250. The van der Waals surface area contributed by atoms with Gasteiger partial charge in [0.15, 0.2) is 0 Å². The van der Waals surface area contributed by atoms with Gasteiger partial charge in [-0.3, -0.25) is 19.5 Å². The Balaban J connectivity index is -0.0000000238. The number of rotatable bonds is 6. The van der Waals surface area contributed by atoms with E-state index in [0.29, 0.717) is 19.5 Å². The molecule has 18 heavy (non-hydrogen) atoms. The molecule has 0 spiro atoms. The van der Waals surface area contributed by atoms with Crippen molar-refractivity contribution in [3.63, 3.8) is 0 Å². The fourth-order valence-electron chi connectivity index (χ4n) is 0.590. The van der Waals surface area contributed by atoms with Crippen LogP contribution < -0.4 is 407 Å². The third kappa shape index (κ3) is 31.6. The third-order valence-electron chi connectivity index (χ3n) is 1.10. The van der Waals surface area contributed by atoms with Gasteiger partial charge in [0.25, 0.3) is 0 Å². The first-order valence-electron chi connectivity index (χ1n) is 3.29. The Morgan fingerprint density at radius 1 is 0.833 bits per heavy atom. The van der Waals surface area contributed by atoms with Gasteiger partial charge in [-0.05, 0) is 0 Å². The molecule has 0 aromatic rings. The van der Waals surface area contributed by atoms with Crippen molar-refractivity contribution in [2.75, 3.05) is 0 Å². The Bertz CT molecular complexity index is 107. The van der Waals surface area contributed by atoms with E-state index >= 15 is 0 Å². The summed E-state index contributed by atoms with van der Waals surface area (Å²) in [6.07, 6.45) is 0. The monoisotopic (exact) mass is 813 g/mol. The van der Waals surface area contributed by atoms with E-state index in [1.807, 2.05) is 20.0 Å². The van der Waals surface area contributed by atoms with E-state index in [0.717, 1.165) is 6.04 Å². The Labute approximate surface area is 465 Å². The molecule has 0 saturated carbocycles. The van der Waals surface area contributed by atoms with Crippen LogP contribution >= 0.6 is 0 Å². The maximum atomic E-state index is 5.45. The average molecular weight is 818 g/mol. The summed E-state index contributed by atoms with van der Waals surface area (Å²) in [5.74, 6) is 0. The van der Waals surface area contributed by atoms with Crippen molar-refractivity contribution in [2.24, 2.45) is 0 Å². The van der Waals surface area contributed by atoms with Crippen molar-refractivity contribution in [3.8, 4) is 0 Å². The van der Waals surface area contributed by atoms with E-state index in [4.69, 9.17) is 12.3 Å². The first kappa shape index (κ1) is 53.0. The fourth-order valence-corrected chi connectivity index (χ4v) is 6.44. The van der Waals surface area contributed by atoms with Crippen molar-refractivity contribution in [1.82, 2.24) is 0 Å². The van der Waals surface area contributed by atoms with Crippen LogP contribution in [-0.2, 0) is 12.3 Å². The van der Waals surface area contributed by atoms with Gasteiger partial charge in [0, 0.05) is 6.04 Å². The van der Waals surface area contributed by atoms with Gasteiger partial charge in [0.2, 0.25) is 0 Å². The van der Waals surface area contributed by atoms with E-state index in [9.17, 15) is 0 Å². The number of hydrogen-bond donors (Lipinski definition) is 0. The molecule has 0 heterocycles. The van der Waals surface area contributed by atoms with Crippen LogP contribution in [0, 0.1) is 0 Å². The SMILES string of the molecule is CC[Si](O[Si-])(O[Si-]C)O[Si-]C.[Rb+].[Rb+].[Rb+].[Rb+].[Rb+].[Rb+].[Rb+]. The predicted molar refractivity (Wildman–Crippen MR) is 48.5 cm³/mol. The van der Waals surface area contributed by atoms with E-state index in [2.05, 4.69) is 10.5 Å². The van der Waals surface area contributed by atoms with E-state index in [-0.39, 0.29) is 407 Å². The van der Waals surface area contributed by atoms with Crippen LogP contribution in [0.15, 0.2) is 0 Å². The van der Waals surface area contributed by atoms with Crippen LogP contribution in [0.2, 0.25) is 19.1 Å². The predicted octanol–water partition coefficient (Wildman–Crippen LogP) is -20.6. The van der Waals surface area contributed by atoms with Gasteiger partial charge >= 0.3 is 416 Å². The smallest absolute Gasteiger partial charge is 0.660 e. The van der Waals surface area contributed by atoms with Crippen LogP contribution in [0.1, 0.15) is 6.92 Å². The largest absolute Gasteiger partial charge is 1.00 e. The standard InChI is InChI=1S/C4H11O3Si4.7Rb/c1-4-11(5-8,6-9-2)7-10-3;;;;;;;/h4H2,1-3H3;;;;;;;/q-3;7*+1. The first-order chi connectivity index (χ1) is 5.24. The van der Waals surface area contributed by atoms with E-state index in [1.54, 1.807) is 0 Å². The van der Waals surface area contributed by atoms with Crippen molar-refractivity contribution in [1.29, 1.82) is 0 Å². The van der Waals surface area contributed by atoms with Gasteiger partial charge in [0.1, 0.15) is 0 Å². The summed E-state index contributed by atoms with van der Waals surface area (Å²) >= 11 is 0. The molecule has 0 fully saturated rings. The summed E-state index contributed by atoms with van der Waals surface area (Å²) < 4.78 is 16.0. The maximum absolute atomic E-state index is 5.45. The van der Waals surface area contributed by atoms with Crippen LogP contribution in [0.4, 0.5) is 0 Å². The molecule has 0 amide bonds. The van der Waals surface area contributed by atoms with E-state index < -0.39 is 8.80 Å². The van der Waals surface area contributed by atoms with Crippen molar-refractivity contribution in [2.45, 2.75) is 26.1 Å². The minimum Gasteiger partial charge on any atom is -0.660 e. The Morgan fingerprint density at radius 3 is 1.22 bits per heavy atom. The second-order valence-electron chi connectivity index (χ2n) is 1.75. The molecule has 64 valence electrons. The summed E-state index contributed by atoms with van der Waals surface area (Å²) in [5.41, 5.74) is 0. The Morgan fingerprint density at radius 2 is 1.11 bits per heavy atom. The molecule has 3 nitrogen and oxygen atoms in total. The summed E-state index contributed by atoms with van der Waals surface area (Å²) in [4.78, 5) is 0. The molecule has 0 unspecified atom stereocenters. The van der Waals surface area contributed by atoms with Gasteiger partial charge in [0.05, 0.1) is 0 Å². The zero-order valence-electron chi connectivity index (χ0n) is 13.9. The van der Waals surface area contributed by atoms with Crippen LogP contribution in [0.25, 0.3) is 0 Å². The zero-order valence-corrected chi connectivity index (χ0v) is 52.3. The molecular weight excluding hydrogens is 807 g/mol. The molecular formula is C4H11O3Rb7Si4+4. The zero-order chi connectivity index (χ0) is 8.74. The van der Waals surface area contributed by atoms with Gasteiger partial charge in [-0.15, -0.1) is 0 Å². The van der Waals surface area contributed by atoms with Crippen molar-refractivity contribution >= 4 is 38.8 Å². The van der Waals surface area contributed by atoms with Crippen molar-refractivity contribution in [3.05, 3.63) is 0 Å². The summed E-state index contributed by atoms with van der Waals surface area (Å²) in [6.45, 7) is 5.93. The normalized spacial score (nSPS) is 7.33. The van der Waals surface area contributed by atoms with Crippen LogP contribution in [-0.4, -0.2) is 38.8 Å². The van der Waals surface area contributed by atoms with Crippen molar-refractivity contribution < 1.29 is 420 Å². The average Bonchev–Trinajstić information content (AvgIpc) is 2.04. The molecule has 0 aromatic carbocycles. The van der Waals surface area contributed by atoms with E-state index in [1.165, 1.54) is 0 Å². The third-order valence-corrected chi connectivity index (χ3v) is 7.33. The molecule has 0 bridgehead atoms. The van der Waals surface area contributed by atoms with Crippen LogP contribution in [0.3, 0.4) is 0 Å². The summed E-state index contributed by atoms with van der Waals surface area (Å²) in [7, 11) is 1.53. The molecule has 0 rings (SSSR count). The van der Waals surface area contributed by atoms with Gasteiger partial charge < -0.3 is 22.8 Å². The second kappa shape index (κ2) is 40.7. The molecule has 0 aliphatic carbocycles. The molecule has 0 saturated heterocycles. The topological polar surface area (TPSA) is 27.7 Å². The second-order valence-corrected chi connectivity index (χ2v) is 7.09. The molecule has 0 aliphatic rings. The summed E-state index contributed by atoms with van der Waals surface area (Å²) in [5, 5.41) is 0. The van der Waals surface area contributed by atoms with Crippen LogP contribution in [0.5, 0.6) is 0 Å². The molecule has 0 aliphatic heterocycles. The first-order valence-corrected chi connectivity index (χ1v) is 8.44. The Kier molecular flexibility index (Phi) is 120. The molecule has 14 heteroatoms. The van der Waals surface area contributed by atoms with Gasteiger partial charge in [-0.1, -0.05) is 6.92 Å². The Hall–Kier alpha value is 13.4. The fraction of sp³-hybridized carbons (Fsp3) is 1.00. The maximum Gasteiger partial charge on any atom is 1.00 e. The minimum atomic E-state index is -2.31. The molecule has 0 atom stereocenters.